The molecular formula is C44H56F2N6O13S. The molecule has 2 aliphatic carbocycles. The van der Waals surface area contributed by atoms with E-state index in [0.29, 0.717) is 70.9 Å². The number of aromatic carboxylic acids is 1. The van der Waals surface area contributed by atoms with E-state index in [4.69, 9.17) is 36.8 Å². The molecule has 2 aromatic carbocycles. The van der Waals surface area contributed by atoms with Gasteiger partial charge in [0.1, 0.15) is 22.5 Å². The Balaban J connectivity index is 0.000000173. The number of aliphatic hydroxyl groups excluding tert-OH is 1. The number of benzene rings is 2. The van der Waals surface area contributed by atoms with Crippen molar-refractivity contribution in [3.63, 3.8) is 0 Å². The van der Waals surface area contributed by atoms with E-state index in [2.05, 4.69) is 10.6 Å². The SMILES string of the molecule is CO.COC(=O)c1cn(C2CC2)c2c(OC)c(N3C[C@@H]4CCCN[C@@H]4C3)c(F)cc2c1=O.COc1c(N2C[C@@H]3CCCN[C@@H]3C2)c(F)cc2c(=O)c(C(=O)O)cn(C3CC3)c12.O=S(=O)(O)O. The lowest BCUT2D eigenvalue weighted by Crippen LogP contribution is -2.40. The van der Waals surface area contributed by atoms with Gasteiger partial charge in [-0.05, 0) is 88.4 Å². The van der Waals surface area contributed by atoms with Crippen molar-refractivity contribution in [1.82, 2.24) is 19.8 Å². The molecule has 4 saturated heterocycles. The van der Waals surface area contributed by atoms with Gasteiger partial charge in [0.25, 0.3) is 0 Å². The van der Waals surface area contributed by atoms with E-state index in [-0.39, 0.29) is 34.0 Å². The first-order valence-electron chi connectivity index (χ1n) is 21.9. The third kappa shape index (κ3) is 9.84. The highest BCUT2D eigenvalue weighted by Crippen LogP contribution is 2.47. The number of carboxylic acid groups (broad SMARTS) is 1. The number of pyridine rings is 2. The number of esters is 1. The Morgan fingerprint density at radius 2 is 1.08 bits per heavy atom. The van der Waals surface area contributed by atoms with Gasteiger partial charge in [-0.1, -0.05) is 0 Å². The lowest BCUT2D eigenvalue weighted by atomic mass is 9.94. The summed E-state index contributed by atoms with van der Waals surface area (Å²) in [7, 11) is 0.555. The third-order valence-corrected chi connectivity index (χ3v) is 13.2. The van der Waals surface area contributed by atoms with E-state index in [9.17, 15) is 24.3 Å². The molecule has 2 saturated carbocycles. The molecule has 10 rings (SSSR count). The number of ether oxygens (including phenoxy) is 3. The molecule has 6 aliphatic rings. The highest BCUT2D eigenvalue weighted by molar-refractivity contribution is 7.79. The number of rotatable bonds is 8. The summed E-state index contributed by atoms with van der Waals surface area (Å²) >= 11 is 0. The number of carboxylic acids is 1. The van der Waals surface area contributed by atoms with Crippen LogP contribution in [0.3, 0.4) is 0 Å². The quantitative estimate of drug-likeness (QED) is 0.109. The number of anilines is 2. The van der Waals surface area contributed by atoms with Crippen LogP contribution in [0, 0.1) is 23.5 Å². The van der Waals surface area contributed by atoms with Gasteiger partial charge in [0.15, 0.2) is 23.1 Å². The van der Waals surface area contributed by atoms with Gasteiger partial charge in [0.05, 0.1) is 43.1 Å². The predicted molar refractivity (Wildman–Crippen MR) is 240 cm³/mol. The number of piperidine rings is 2. The number of hydrogen-bond acceptors (Lipinski definition) is 14. The smallest absolute Gasteiger partial charge is 0.394 e. The molecule has 0 unspecified atom stereocenters. The van der Waals surface area contributed by atoms with Gasteiger partial charge >= 0.3 is 22.3 Å². The van der Waals surface area contributed by atoms with Gasteiger partial charge in [-0.3, -0.25) is 18.7 Å². The molecule has 4 aromatic rings. The van der Waals surface area contributed by atoms with Gasteiger partial charge in [0.2, 0.25) is 10.9 Å². The highest BCUT2D eigenvalue weighted by Gasteiger charge is 2.40. The van der Waals surface area contributed by atoms with Gasteiger partial charge in [0, 0.05) is 69.8 Å². The summed E-state index contributed by atoms with van der Waals surface area (Å²) in [5.74, 6) is -1.44. The number of hydrogen-bond donors (Lipinski definition) is 6. The Kier molecular flexibility index (Phi) is 14.6. The van der Waals surface area contributed by atoms with E-state index >= 15 is 8.78 Å². The zero-order valence-corrected chi connectivity index (χ0v) is 37.9. The van der Waals surface area contributed by atoms with E-state index in [0.717, 1.165) is 84.7 Å². The second kappa shape index (κ2) is 19.8. The van der Waals surface area contributed by atoms with E-state index in [1.54, 1.807) is 10.8 Å². The summed E-state index contributed by atoms with van der Waals surface area (Å²) in [6, 6.07) is 3.37. The Morgan fingerprint density at radius 3 is 1.42 bits per heavy atom. The highest BCUT2D eigenvalue weighted by atomic mass is 32.3. The molecule has 6 N–H and O–H groups in total. The van der Waals surface area contributed by atoms with E-state index < -0.39 is 44.8 Å². The van der Waals surface area contributed by atoms with Gasteiger partial charge in [-0.15, -0.1) is 0 Å². The molecule has 22 heteroatoms. The van der Waals surface area contributed by atoms with Crippen molar-refractivity contribution in [3.05, 3.63) is 67.7 Å². The second-order valence-corrected chi connectivity index (χ2v) is 18.2. The Morgan fingerprint density at radius 1 is 0.682 bits per heavy atom. The van der Waals surface area contributed by atoms with Crippen LogP contribution in [0.15, 0.2) is 34.1 Å². The van der Waals surface area contributed by atoms with Crippen LogP contribution in [0.1, 0.15) is 84.2 Å². The Bertz CT molecular complexity index is 2710. The normalized spacial score (nSPS) is 22.2. The van der Waals surface area contributed by atoms with Crippen molar-refractivity contribution in [2.24, 2.45) is 11.8 Å². The molecule has 4 aliphatic heterocycles. The second-order valence-electron chi connectivity index (χ2n) is 17.3. The van der Waals surface area contributed by atoms with Crippen molar-refractivity contribution in [3.8, 4) is 11.5 Å². The number of nitrogens with one attached hydrogen (secondary N) is 2. The van der Waals surface area contributed by atoms with Crippen molar-refractivity contribution < 1.29 is 60.3 Å². The molecule has 19 nitrogen and oxygen atoms in total. The lowest BCUT2D eigenvalue weighted by molar-refractivity contribution is 0.0597. The molecule has 6 fully saturated rings. The van der Waals surface area contributed by atoms with E-state index in [1.165, 1.54) is 39.7 Å². The summed E-state index contributed by atoms with van der Waals surface area (Å²) in [5.41, 5.74) is 0.187. The number of carbonyl (C=O) groups is 2. The molecule has 0 radical (unpaired) electrons. The number of carbonyl (C=O) groups excluding carboxylic acids is 1. The maximum Gasteiger partial charge on any atom is 0.394 e. The number of nitrogens with zero attached hydrogens (tertiary/aromatic N) is 4. The third-order valence-electron chi connectivity index (χ3n) is 13.2. The summed E-state index contributed by atoms with van der Waals surface area (Å²) in [5, 5.41) is 23.7. The minimum Gasteiger partial charge on any atom is -0.492 e. The first-order chi connectivity index (χ1) is 31.5. The van der Waals surface area contributed by atoms with Crippen LogP contribution in [-0.2, 0) is 15.1 Å². The topological polar surface area (TPSA) is 251 Å². The molecule has 0 bridgehead atoms. The van der Waals surface area contributed by atoms with Crippen LogP contribution >= 0.6 is 0 Å². The molecule has 2 aromatic heterocycles. The minimum absolute atomic E-state index is 0.0599. The lowest BCUT2D eigenvalue weighted by Gasteiger charge is -2.25. The van der Waals surface area contributed by atoms with Crippen LogP contribution < -0.4 is 40.8 Å². The summed E-state index contributed by atoms with van der Waals surface area (Å²) in [6.45, 7) is 4.85. The summed E-state index contributed by atoms with van der Waals surface area (Å²) in [6.07, 6.45) is 11.1. The number of aliphatic hydroxyl groups is 1. The average Bonchev–Trinajstić information content (AvgIpc) is 4.23. The van der Waals surface area contributed by atoms with Crippen LogP contribution in [0.4, 0.5) is 20.2 Å². The number of methoxy groups -OCH3 is 3. The largest absolute Gasteiger partial charge is 0.492 e. The fourth-order valence-electron chi connectivity index (χ4n) is 10.0. The van der Waals surface area contributed by atoms with Gasteiger partial charge < -0.3 is 54.0 Å². The van der Waals surface area contributed by atoms with Crippen molar-refractivity contribution in [2.45, 2.75) is 75.5 Å². The molecule has 0 amide bonds. The van der Waals surface area contributed by atoms with Crippen LogP contribution in [-0.4, -0.2) is 129 Å². The zero-order valence-electron chi connectivity index (χ0n) is 37.1. The van der Waals surface area contributed by atoms with Crippen molar-refractivity contribution >= 4 is 55.5 Å². The van der Waals surface area contributed by atoms with Gasteiger partial charge in [-0.25, -0.2) is 18.4 Å². The first kappa shape index (κ1) is 48.5. The minimum atomic E-state index is -4.67. The number of fused-ring (bicyclic) bond motifs is 4. The zero-order chi connectivity index (χ0) is 47.8. The molecule has 360 valence electrons. The number of aromatic nitrogens is 2. The monoisotopic (exact) mass is 946 g/mol. The standard InChI is InChI=1S/C22H26FN3O4.C21H24FN3O4.CH4O.H2O4S/c1-29-21-18-14(20(27)15(22(28)30-2)10-26(18)13-5-6-13)8-16(23)19(21)25-9-12-4-3-7-24-17(12)11-25;1-29-20-17-13(19(26)14(21(27)28)9-25(17)12-4-5-12)7-15(22)18(20)24-8-11-3-2-6-23-16(11)10-24;1-2;1-5(2,3)4/h8,10,12-13,17,24H,3-7,9,11H2,1-2H3;7,9,11-12,16,23H,2-6,8,10H2,1H3,(H,27,28);2H,1H3;(H2,1,2,3,4)/t12-,17+;11-,16+;;/m00../s1. The molecule has 66 heavy (non-hydrogen) atoms. The van der Waals surface area contributed by atoms with Crippen molar-refractivity contribution in [1.29, 1.82) is 0 Å². The maximum atomic E-state index is 15.4. The predicted octanol–water partition coefficient (Wildman–Crippen LogP) is 3.79. The van der Waals surface area contributed by atoms with E-state index in [1.807, 2.05) is 14.4 Å². The fourth-order valence-corrected chi connectivity index (χ4v) is 10.0. The van der Waals surface area contributed by atoms with Crippen molar-refractivity contribution in [2.75, 3.05) is 77.5 Å². The number of halogens is 2. The molecule has 4 atom stereocenters. The first-order valence-corrected chi connectivity index (χ1v) is 23.3. The summed E-state index contributed by atoms with van der Waals surface area (Å²) in [4.78, 5) is 53.6. The van der Waals surface area contributed by atoms with Crippen LogP contribution in [0.2, 0.25) is 0 Å². The molecule has 0 spiro atoms. The Labute approximate surface area is 378 Å². The van der Waals surface area contributed by atoms with Crippen LogP contribution in [0.5, 0.6) is 11.5 Å². The molecular weight excluding hydrogens is 891 g/mol. The maximum absolute atomic E-state index is 15.4. The Hall–Kier alpha value is -5.39. The fraction of sp³-hybridized carbons (Fsp3) is 0.545. The van der Waals surface area contributed by atoms with Gasteiger partial charge in [-0.2, -0.15) is 8.42 Å². The molecule has 6 heterocycles. The van der Waals surface area contributed by atoms with Crippen LogP contribution in [0.25, 0.3) is 21.8 Å². The summed E-state index contributed by atoms with van der Waals surface area (Å²) < 4.78 is 82.2. The average molecular weight is 947 g/mol.